The Labute approximate surface area is 119 Å². The summed E-state index contributed by atoms with van der Waals surface area (Å²) in [4.78, 5) is 9.34. The first-order valence-electron chi connectivity index (χ1n) is 7.68. The van der Waals surface area contributed by atoms with Crippen LogP contribution in [0.25, 0.3) is 10.9 Å². The lowest BCUT2D eigenvalue weighted by Gasteiger charge is -2.15. The molecule has 104 valence electrons. The minimum Gasteiger partial charge on any atom is -0.367 e. The van der Waals surface area contributed by atoms with Crippen molar-refractivity contribution >= 4 is 22.7 Å². The minimum atomic E-state index is 0.571. The molecule has 0 radical (unpaired) electrons. The van der Waals surface area contributed by atoms with Crippen molar-refractivity contribution in [3.8, 4) is 0 Å². The maximum absolute atomic E-state index is 4.71. The first kappa shape index (κ1) is 11.9. The smallest absolute Gasteiger partial charge is 0.225 e. The van der Waals surface area contributed by atoms with Crippen LogP contribution in [0.1, 0.15) is 38.5 Å². The topological polar surface area (TPSA) is 49.8 Å². The van der Waals surface area contributed by atoms with Crippen LogP contribution in [-0.4, -0.2) is 22.1 Å². The fraction of sp³-hybridized carbons (Fsp3) is 0.500. The van der Waals surface area contributed by atoms with Crippen molar-refractivity contribution in [2.75, 3.05) is 10.6 Å². The fourth-order valence-corrected chi connectivity index (χ4v) is 2.92. The van der Waals surface area contributed by atoms with E-state index in [4.69, 9.17) is 4.98 Å². The Morgan fingerprint density at radius 3 is 2.40 bits per heavy atom. The van der Waals surface area contributed by atoms with Crippen LogP contribution >= 0.6 is 0 Å². The monoisotopic (exact) mass is 268 g/mol. The van der Waals surface area contributed by atoms with Crippen LogP contribution in [0.15, 0.2) is 24.3 Å². The van der Waals surface area contributed by atoms with Gasteiger partial charge in [0, 0.05) is 17.5 Å². The van der Waals surface area contributed by atoms with Crippen molar-refractivity contribution in [1.82, 2.24) is 9.97 Å². The summed E-state index contributed by atoms with van der Waals surface area (Å²) in [6.45, 7) is 0. The lowest BCUT2D eigenvalue weighted by atomic mass is 10.2. The maximum Gasteiger partial charge on any atom is 0.225 e. The molecule has 0 spiro atoms. The molecular formula is C16H20N4. The lowest BCUT2D eigenvalue weighted by molar-refractivity contribution is 0.751. The standard InChI is InChI=1S/C16H20N4/c1-2-6-11(5-1)17-15-13-7-3-4-8-14(13)19-16(20-15)18-12-9-10-12/h3-4,7-8,11-12H,1-2,5-6,9-10H2,(H2,17,18,19,20). The molecular weight excluding hydrogens is 248 g/mol. The van der Waals surface area contributed by atoms with Gasteiger partial charge in [0.15, 0.2) is 0 Å². The van der Waals surface area contributed by atoms with Crippen LogP contribution in [0.3, 0.4) is 0 Å². The van der Waals surface area contributed by atoms with E-state index in [1.165, 1.54) is 38.5 Å². The van der Waals surface area contributed by atoms with Crippen LogP contribution < -0.4 is 10.6 Å². The molecule has 2 N–H and O–H groups in total. The summed E-state index contributed by atoms with van der Waals surface area (Å²) < 4.78 is 0. The van der Waals surface area contributed by atoms with Crippen molar-refractivity contribution in [1.29, 1.82) is 0 Å². The summed E-state index contributed by atoms with van der Waals surface area (Å²) in [5.74, 6) is 1.76. The zero-order valence-corrected chi connectivity index (χ0v) is 11.6. The Morgan fingerprint density at radius 2 is 1.60 bits per heavy atom. The first-order chi connectivity index (χ1) is 9.88. The van der Waals surface area contributed by atoms with Crippen LogP contribution in [0.2, 0.25) is 0 Å². The Morgan fingerprint density at radius 1 is 0.850 bits per heavy atom. The third-order valence-corrected chi connectivity index (χ3v) is 4.21. The highest BCUT2D eigenvalue weighted by Gasteiger charge is 2.23. The summed E-state index contributed by atoms with van der Waals surface area (Å²) in [7, 11) is 0. The van der Waals surface area contributed by atoms with Crippen molar-refractivity contribution in [2.24, 2.45) is 0 Å². The van der Waals surface area contributed by atoms with Gasteiger partial charge >= 0.3 is 0 Å². The highest BCUT2D eigenvalue weighted by atomic mass is 15.2. The predicted molar refractivity (Wildman–Crippen MR) is 82.1 cm³/mol. The highest BCUT2D eigenvalue weighted by Crippen LogP contribution is 2.29. The zero-order chi connectivity index (χ0) is 13.4. The fourth-order valence-electron chi connectivity index (χ4n) is 2.92. The van der Waals surface area contributed by atoms with E-state index in [1.807, 2.05) is 6.07 Å². The van der Waals surface area contributed by atoms with E-state index in [9.17, 15) is 0 Å². The second kappa shape index (κ2) is 4.93. The molecule has 0 amide bonds. The molecule has 4 rings (SSSR count). The van der Waals surface area contributed by atoms with E-state index in [1.54, 1.807) is 0 Å². The number of fused-ring (bicyclic) bond motifs is 1. The molecule has 0 unspecified atom stereocenters. The highest BCUT2D eigenvalue weighted by molar-refractivity contribution is 5.90. The van der Waals surface area contributed by atoms with Gasteiger partial charge in [-0.3, -0.25) is 0 Å². The number of nitrogens with one attached hydrogen (secondary N) is 2. The Kier molecular flexibility index (Phi) is 2.94. The van der Waals surface area contributed by atoms with Gasteiger partial charge in [-0.05, 0) is 37.8 Å². The summed E-state index contributed by atoms with van der Waals surface area (Å²) in [5.41, 5.74) is 1.02. The number of nitrogens with zero attached hydrogens (tertiary/aromatic N) is 2. The van der Waals surface area contributed by atoms with Crippen LogP contribution in [0.5, 0.6) is 0 Å². The van der Waals surface area contributed by atoms with Crippen molar-refractivity contribution in [2.45, 2.75) is 50.6 Å². The summed E-state index contributed by atoms with van der Waals surface area (Å²) >= 11 is 0. The predicted octanol–water partition coefficient (Wildman–Crippen LogP) is 3.56. The molecule has 0 bridgehead atoms. The summed E-state index contributed by atoms with van der Waals surface area (Å²) in [5, 5.41) is 8.16. The molecule has 1 aromatic heterocycles. The van der Waals surface area contributed by atoms with Gasteiger partial charge in [-0.1, -0.05) is 25.0 Å². The van der Waals surface area contributed by atoms with Gasteiger partial charge in [-0.2, -0.15) is 4.98 Å². The molecule has 2 aliphatic carbocycles. The largest absolute Gasteiger partial charge is 0.367 e. The molecule has 1 heterocycles. The number of rotatable bonds is 4. The normalized spacial score (nSPS) is 19.4. The molecule has 4 nitrogen and oxygen atoms in total. The van der Waals surface area contributed by atoms with Crippen LogP contribution in [0.4, 0.5) is 11.8 Å². The average Bonchev–Trinajstić information content (AvgIpc) is 3.12. The maximum atomic E-state index is 4.71. The Hall–Kier alpha value is -1.84. The van der Waals surface area contributed by atoms with Gasteiger partial charge in [0.1, 0.15) is 5.82 Å². The number of aromatic nitrogens is 2. The molecule has 20 heavy (non-hydrogen) atoms. The number of hydrogen-bond acceptors (Lipinski definition) is 4. The molecule has 0 aliphatic heterocycles. The van der Waals surface area contributed by atoms with E-state index < -0.39 is 0 Å². The second-order valence-corrected chi connectivity index (χ2v) is 5.96. The molecule has 2 aromatic rings. The Balaban J connectivity index is 1.70. The third kappa shape index (κ3) is 2.42. The molecule has 0 saturated heterocycles. The van der Waals surface area contributed by atoms with E-state index in [0.29, 0.717) is 12.1 Å². The molecule has 2 fully saturated rings. The average molecular weight is 268 g/mol. The SMILES string of the molecule is c1ccc2c(NC3CCCC3)nc(NC3CC3)nc2c1. The summed E-state index contributed by atoms with van der Waals surface area (Å²) in [6.07, 6.45) is 7.64. The molecule has 4 heteroatoms. The third-order valence-electron chi connectivity index (χ3n) is 4.21. The first-order valence-corrected chi connectivity index (χ1v) is 7.68. The number of hydrogen-bond donors (Lipinski definition) is 2. The number of benzene rings is 1. The quantitative estimate of drug-likeness (QED) is 0.890. The second-order valence-electron chi connectivity index (χ2n) is 5.96. The van der Waals surface area contributed by atoms with E-state index in [0.717, 1.165) is 22.7 Å². The molecule has 1 aromatic carbocycles. The van der Waals surface area contributed by atoms with Gasteiger partial charge in [0.2, 0.25) is 5.95 Å². The van der Waals surface area contributed by atoms with Gasteiger partial charge in [0.25, 0.3) is 0 Å². The number of anilines is 2. The number of para-hydroxylation sites is 1. The van der Waals surface area contributed by atoms with Gasteiger partial charge in [-0.25, -0.2) is 4.98 Å². The van der Waals surface area contributed by atoms with E-state index in [2.05, 4.69) is 33.8 Å². The zero-order valence-electron chi connectivity index (χ0n) is 11.6. The van der Waals surface area contributed by atoms with Gasteiger partial charge < -0.3 is 10.6 Å². The van der Waals surface area contributed by atoms with Crippen LogP contribution in [0, 0.1) is 0 Å². The van der Waals surface area contributed by atoms with E-state index >= 15 is 0 Å². The summed E-state index contributed by atoms with van der Waals surface area (Å²) in [6, 6.07) is 9.41. The Bertz CT molecular complexity index is 615. The molecule has 2 aliphatic rings. The minimum absolute atomic E-state index is 0.571. The van der Waals surface area contributed by atoms with E-state index in [-0.39, 0.29) is 0 Å². The van der Waals surface area contributed by atoms with Gasteiger partial charge in [-0.15, -0.1) is 0 Å². The lowest BCUT2D eigenvalue weighted by Crippen LogP contribution is -2.17. The van der Waals surface area contributed by atoms with Gasteiger partial charge in [0.05, 0.1) is 5.52 Å². The van der Waals surface area contributed by atoms with Crippen molar-refractivity contribution < 1.29 is 0 Å². The van der Waals surface area contributed by atoms with Crippen molar-refractivity contribution in [3.05, 3.63) is 24.3 Å². The molecule has 2 saturated carbocycles. The van der Waals surface area contributed by atoms with Crippen LogP contribution in [-0.2, 0) is 0 Å². The van der Waals surface area contributed by atoms with Crippen molar-refractivity contribution in [3.63, 3.8) is 0 Å². The molecule has 0 atom stereocenters.